The maximum Gasteiger partial charge on any atom is 0.361 e. The van der Waals surface area contributed by atoms with E-state index in [9.17, 15) is 13.0 Å². The molecule has 5 nitrogen and oxygen atoms in total. The van der Waals surface area contributed by atoms with Crippen LogP contribution in [0.3, 0.4) is 0 Å². The molecule has 1 unspecified atom stereocenters. The summed E-state index contributed by atoms with van der Waals surface area (Å²) in [5, 5.41) is 0. The summed E-state index contributed by atoms with van der Waals surface area (Å²) in [5.41, 5.74) is 2.55. The molecule has 43 heavy (non-hydrogen) atoms. The fourth-order valence-corrected chi connectivity index (χ4v) is 7.55. The standard InChI is InChI=1S/C37H60N2O3S/c1-2-3-4-5-6-7-8-9-10-11-12-13-14-15-16-17-18-19-20-21-25-32-37-38(33-34-28-23-22-24-29-34)35-30-26-27-31-36(35)39(37)43(40,41)42/h22-24,26-31,37H,2-21,25,32-33H2,1H3,(H,40,41,42). The average Bonchev–Trinajstić information content (AvgIpc) is 3.32. The number of benzene rings is 2. The molecule has 1 atom stereocenters. The smallest absolute Gasteiger partial charge is 0.344 e. The Morgan fingerprint density at radius 1 is 0.558 bits per heavy atom. The van der Waals surface area contributed by atoms with Crippen LogP contribution in [0.15, 0.2) is 54.6 Å². The third-order valence-corrected chi connectivity index (χ3v) is 10.0. The van der Waals surface area contributed by atoms with Crippen LogP contribution in [0.2, 0.25) is 0 Å². The fraction of sp³-hybridized carbons (Fsp3) is 0.676. The van der Waals surface area contributed by atoms with Crippen LogP contribution in [-0.4, -0.2) is 19.1 Å². The molecule has 3 rings (SSSR count). The zero-order chi connectivity index (χ0) is 30.6. The van der Waals surface area contributed by atoms with Crippen LogP contribution in [0.4, 0.5) is 11.4 Å². The number of fused-ring (bicyclic) bond motifs is 1. The van der Waals surface area contributed by atoms with Crippen molar-refractivity contribution in [1.29, 1.82) is 0 Å². The van der Waals surface area contributed by atoms with Crippen LogP contribution in [0.5, 0.6) is 0 Å². The normalized spacial score (nSPS) is 14.9. The van der Waals surface area contributed by atoms with Gasteiger partial charge in [-0.3, -0.25) is 4.55 Å². The van der Waals surface area contributed by atoms with Crippen molar-refractivity contribution in [1.82, 2.24) is 0 Å². The summed E-state index contributed by atoms with van der Waals surface area (Å²) in [7, 11) is -4.38. The minimum absolute atomic E-state index is 0.409. The summed E-state index contributed by atoms with van der Waals surface area (Å²) in [6, 6.07) is 17.6. The third kappa shape index (κ3) is 13.2. The first kappa shape index (κ1) is 35.4. The van der Waals surface area contributed by atoms with E-state index < -0.39 is 16.5 Å². The highest BCUT2D eigenvalue weighted by Crippen LogP contribution is 2.43. The van der Waals surface area contributed by atoms with Gasteiger partial charge < -0.3 is 4.90 Å². The molecule has 0 bridgehead atoms. The Balaban J connectivity index is 1.23. The molecular formula is C37H60N2O3S. The summed E-state index contributed by atoms with van der Waals surface area (Å²) in [4.78, 5) is 2.13. The van der Waals surface area contributed by atoms with Crippen LogP contribution in [-0.2, 0) is 16.8 Å². The van der Waals surface area contributed by atoms with Gasteiger partial charge in [0.2, 0.25) is 0 Å². The average molecular weight is 613 g/mol. The first-order valence-corrected chi connectivity index (χ1v) is 19.1. The van der Waals surface area contributed by atoms with Crippen molar-refractivity contribution in [3.8, 4) is 0 Å². The molecule has 1 heterocycles. The van der Waals surface area contributed by atoms with Gasteiger partial charge >= 0.3 is 10.3 Å². The summed E-state index contributed by atoms with van der Waals surface area (Å²) < 4.78 is 36.3. The van der Waals surface area contributed by atoms with Crippen molar-refractivity contribution in [3.63, 3.8) is 0 Å². The van der Waals surface area contributed by atoms with Gasteiger partial charge in [-0.15, -0.1) is 0 Å². The van der Waals surface area contributed by atoms with E-state index in [1.807, 2.05) is 36.4 Å². The quantitative estimate of drug-likeness (QED) is 0.0895. The predicted molar refractivity (Wildman–Crippen MR) is 184 cm³/mol. The lowest BCUT2D eigenvalue weighted by Gasteiger charge is -2.31. The van der Waals surface area contributed by atoms with Crippen LogP contribution in [0.25, 0.3) is 0 Å². The molecule has 6 heteroatoms. The van der Waals surface area contributed by atoms with Crippen molar-refractivity contribution in [2.45, 2.75) is 161 Å². The van der Waals surface area contributed by atoms with Gasteiger partial charge in [0.05, 0.1) is 11.4 Å². The van der Waals surface area contributed by atoms with E-state index in [-0.39, 0.29) is 0 Å². The topological polar surface area (TPSA) is 60.9 Å². The molecule has 2 aromatic rings. The Morgan fingerprint density at radius 2 is 0.953 bits per heavy atom. The summed E-state index contributed by atoms with van der Waals surface area (Å²) in [6.07, 6.45) is 28.6. The van der Waals surface area contributed by atoms with Crippen LogP contribution < -0.4 is 9.21 Å². The van der Waals surface area contributed by atoms with E-state index in [1.165, 1.54) is 126 Å². The second-order valence-corrected chi connectivity index (χ2v) is 14.0. The van der Waals surface area contributed by atoms with Crippen LogP contribution in [0.1, 0.15) is 154 Å². The highest BCUT2D eigenvalue weighted by Gasteiger charge is 2.41. The maximum absolute atomic E-state index is 12.5. The van der Waals surface area contributed by atoms with Crippen LogP contribution in [0, 0.1) is 0 Å². The van der Waals surface area contributed by atoms with Crippen molar-refractivity contribution < 1.29 is 13.0 Å². The van der Waals surface area contributed by atoms with Gasteiger partial charge in [0, 0.05) is 6.54 Å². The minimum atomic E-state index is -4.38. The Hall–Kier alpha value is -2.05. The number of nitrogens with zero attached hydrogens (tertiary/aromatic N) is 2. The molecule has 0 spiro atoms. The summed E-state index contributed by atoms with van der Waals surface area (Å²) in [6.45, 7) is 2.89. The SMILES string of the molecule is CCCCCCCCCCCCCCCCCCCCCCCC1N(Cc2ccccc2)c2ccccc2N1S(=O)(=O)O. The molecule has 0 saturated heterocycles. The summed E-state index contributed by atoms with van der Waals surface area (Å²) >= 11 is 0. The van der Waals surface area contributed by atoms with Crippen molar-refractivity contribution in [3.05, 3.63) is 60.2 Å². The lowest BCUT2D eigenvalue weighted by Crippen LogP contribution is -2.45. The molecule has 0 aliphatic carbocycles. The predicted octanol–water partition coefficient (Wildman–Crippen LogP) is 11.2. The van der Waals surface area contributed by atoms with Gasteiger partial charge in [-0.2, -0.15) is 8.42 Å². The Morgan fingerprint density at radius 3 is 1.40 bits per heavy atom. The summed E-state index contributed by atoms with van der Waals surface area (Å²) in [5.74, 6) is 0. The number of hydrogen-bond acceptors (Lipinski definition) is 3. The lowest BCUT2D eigenvalue weighted by atomic mass is 10.0. The van der Waals surface area contributed by atoms with Gasteiger partial charge in [-0.25, -0.2) is 4.31 Å². The highest BCUT2D eigenvalue weighted by atomic mass is 32.2. The van der Waals surface area contributed by atoms with Gasteiger partial charge in [0.25, 0.3) is 0 Å². The molecule has 0 saturated carbocycles. The second kappa shape index (κ2) is 20.8. The first-order chi connectivity index (χ1) is 21.0. The molecule has 2 aromatic carbocycles. The number of rotatable bonds is 25. The number of para-hydroxylation sites is 2. The lowest BCUT2D eigenvalue weighted by molar-refractivity contribution is 0.456. The van der Waals surface area contributed by atoms with Gasteiger partial charge in [-0.1, -0.05) is 178 Å². The Bertz CT molecular complexity index is 1090. The highest BCUT2D eigenvalue weighted by molar-refractivity contribution is 7.87. The van der Waals surface area contributed by atoms with Crippen molar-refractivity contribution in [2.75, 3.05) is 9.21 Å². The van der Waals surface area contributed by atoms with E-state index in [1.54, 1.807) is 6.07 Å². The zero-order valence-corrected chi connectivity index (χ0v) is 27.9. The van der Waals surface area contributed by atoms with Gasteiger partial charge in [0.1, 0.15) is 6.17 Å². The molecule has 0 radical (unpaired) electrons. The van der Waals surface area contributed by atoms with E-state index in [0.717, 1.165) is 24.1 Å². The monoisotopic (exact) mass is 612 g/mol. The van der Waals surface area contributed by atoms with E-state index in [2.05, 4.69) is 24.0 Å². The van der Waals surface area contributed by atoms with Crippen molar-refractivity contribution >= 4 is 21.7 Å². The van der Waals surface area contributed by atoms with Gasteiger partial charge in [-0.05, 0) is 30.5 Å². The molecule has 1 aliphatic heterocycles. The van der Waals surface area contributed by atoms with E-state index in [0.29, 0.717) is 18.7 Å². The Labute approximate surface area is 264 Å². The second-order valence-electron chi connectivity index (χ2n) is 12.7. The molecule has 242 valence electrons. The molecule has 0 fully saturated rings. The largest absolute Gasteiger partial charge is 0.361 e. The molecular weight excluding hydrogens is 552 g/mol. The van der Waals surface area contributed by atoms with E-state index >= 15 is 0 Å². The molecule has 1 aliphatic rings. The Kier molecular flexibility index (Phi) is 17.2. The number of anilines is 2. The zero-order valence-electron chi connectivity index (χ0n) is 27.1. The minimum Gasteiger partial charge on any atom is -0.344 e. The van der Waals surface area contributed by atoms with Gasteiger partial charge in [0.15, 0.2) is 0 Å². The molecule has 1 N–H and O–H groups in total. The molecule has 0 amide bonds. The number of unbranched alkanes of at least 4 members (excludes halogenated alkanes) is 20. The number of hydrogen-bond donors (Lipinski definition) is 1. The van der Waals surface area contributed by atoms with Crippen molar-refractivity contribution in [2.24, 2.45) is 0 Å². The van der Waals surface area contributed by atoms with E-state index in [4.69, 9.17) is 0 Å². The first-order valence-electron chi connectivity index (χ1n) is 17.7. The van der Waals surface area contributed by atoms with Crippen LogP contribution >= 0.6 is 0 Å². The maximum atomic E-state index is 12.5. The fourth-order valence-electron chi connectivity index (χ4n) is 6.62. The molecule has 0 aromatic heterocycles. The third-order valence-electron chi connectivity index (χ3n) is 9.07.